The normalized spacial score (nSPS) is 28.8. The summed E-state index contributed by atoms with van der Waals surface area (Å²) in [6, 6.07) is 0. The molecular weight excluding hydrogens is 244 g/mol. The van der Waals surface area contributed by atoms with Crippen LogP contribution in [0.1, 0.15) is 53.4 Å². The molecule has 0 saturated heterocycles. The molecule has 3 nitrogen and oxygen atoms in total. The van der Waals surface area contributed by atoms with Crippen LogP contribution in [0.5, 0.6) is 0 Å². The lowest BCUT2D eigenvalue weighted by atomic mass is 9.53. The maximum Gasteiger partial charge on any atom is 0.484 e. The molecule has 2 saturated carbocycles. The van der Waals surface area contributed by atoms with E-state index in [1.165, 1.54) is 18.3 Å². The van der Waals surface area contributed by atoms with E-state index in [-0.39, 0.29) is 0 Å². The Morgan fingerprint density at radius 1 is 0.889 bits per heavy atom. The average Bonchev–Trinajstić information content (AvgIpc) is 2.34. The fraction of sp³-hybridized carbons (Fsp3) is 1.00. The molecule has 0 spiro atoms. The minimum absolute atomic E-state index is 0.677. The van der Waals surface area contributed by atoms with Gasteiger partial charge in [-0.05, 0) is 57.8 Å². The Morgan fingerprint density at radius 3 is 1.61 bits per heavy atom. The maximum atomic E-state index is 5.22. The predicted molar refractivity (Wildman–Crippen MR) is 76.6 cm³/mol. The Hall–Kier alpha value is 0.0969. The van der Waals surface area contributed by atoms with Crippen molar-refractivity contribution in [3.05, 3.63) is 0 Å². The third-order valence-electron chi connectivity index (χ3n) is 4.12. The van der Waals surface area contributed by atoms with Gasteiger partial charge in [-0.1, -0.05) is 13.3 Å². The van der Waals surface area contributed by atoms with Crippen molar-refractivity contribution in [1.82, 2.24) is 0 Å². The van der Waals surface area contributed by atoms with Gasteiger partial charge in [-0.25, -0.2) is 0 Å². The molecule has 2 aliphatic carbocycles. The van der Waals surface area contributed by atoms with Crippen molar-refractivity contribution >= 4 is 9.53 Å². The summed E-state index contributed by atoms with van der Waals surface area (Å²) in [4.78, 5) is 0. The standard InChI is InChI=1S/C8H14.C6H16O3Si/c1-2-6-5-7-3-4-8(6)7;1-4-7-10(8-5-2)9-6-3/h6-8H,2-5H2,1H3;10H,4-6H2,1-3H3. The van der Waals surface area contributed by atoms with E-state index < -0.39 is 9.53 Å². The lowest BCUT2D eigenvalue weighted by Crippen LogP contribution is -2.43. The number of hydrogen-bond donors (Lipinski definition) is 0. The van der Waals surface area contributed by atoms with E-state index in [2.05, 4.69) is 6.92 Å². The van der Waals surface area contributed by atoms with E-state index in [1.807, 2.05) is 20.8 Å². The van der Waals surface area contributed by atoms with Crippen molar-refractivity contribution < 1.29 is 13.3 Å². The molecule has 0 amide bonds. The summed E-state index contributed by atoms with van der Waals surface area (Å²) in [6.07, 6.45) is 6.13. The molecule has 0 aromatic carbocycles. The number of hydrogen-bond acceptors (Lipinski definition) is 3. The van der Waals surface area contributed by atoms with E-state index in [9.17, 15) is 0 Å². The molecule has 0 aliphatic heterocycles. The first-order valence-corrected chi connectivity index (χ1v) is 9.02. The summed E-state index contributed by atoms with van der Waals surface area (Å²) in [5.41, 5.74) is 0. The van der Waals surface area contributed by atoms with Gasteiger partial charge >= 0.3 is 9.53 Å². The topological polar surface area (TPSA) is 27.7 Å². The zero-order valence-corrected chi connectivity index (χ0v) is 13.6. The molecule has 0 bridgehead atoms. The van der Waals surface area contributed by atoms with E-state index in [1.54, 1.807) is 19.3 Å². The first-order chi connectivity index (χ1) is 8.76. The van der Waals surface area contributed by atoms with Crippen LogP contribution in [0.2, 0.25) is 0 Å². The van der Waals surface area contributed by atoms with Crippen LogP contribution in [0.25, 0.3) is 0 Å². The molecule has 0 aromatic heterocycles. The zero-order valence-electron chi connectivity index (χ0n) is 12.5. The van der Waals surface area contributed by atoms with E-state index in [0.29, 0.717) is 19.8 Å². The molecule has 0 radical (unpaired) electrons. The highest BCUT2D eigenvalue weighted by Gasteiger charge is 2.45. The lowest BCUT2D eigenvalue weighted by molar-refractivity contribution is -0.0267. The van der Waals surface area contributed by atoms with Crippen molar-refractivity contribution in [2.75, 3.05) is 19.8 Å². The average molecular weight is 274 g/mol. The van der Waals surface area contributed by atoms with Crippen molar-refractivity contribution in [3.8, 4) is 0 Å². The van der Waals surface area contributed by atoms with Gasteiger partial charge in [-0.3, -0.25) is 0 Å². The molecule has 2 aliphatic rings. The highest BCUT2D eigenvalue weighted by molar-refractivity contribution is 6.36. The van der Waals surface area contributed by atoms with Crippen molar-refractivity contribution in [1.29, 1.82) is 0 Å². The van der Waals surface area contributed by atoms with Crippen LogP contribution in [-0.2, 0) is 13.3 Å². The van der Waals surface area contributed by atoms with Gasteiger partial charge in [0.2, 0.25) is 0 Å². The first-order valence-electron chi connectivity index (χ1n) is 7.61. The smallest absolute Gasteiger partial charge is 0.376 e. The Labute approximate surface area is 114 Å². The largest absolute Gasteiger partial charge is 0.484 e. The third-order valence-corrected chi connectivity index (χ3v) is 5.94. The Bertz CT molecular complexity index is 197. The molecule has 3 atom stereocenters. The summed E-state index contributed by atoms with van der Waals surface area (Å²) in [7, 11) is -1.73. The first kappa shape index (κ1) is 16.2. The van der Waals surface area contributed by atoms with Gasteiger partial charge in [-0.15, -0.1) is 0 Å². The fourth-order valence-electron chi connectivity index (χ4n) is 2.90. The van der Waals surface area contributed by atoms with Crippen LogP contribution in [0.15, 0.2) is 0 Å². The minimum atomic E-state index is -1.73. The van der Waals surface area contributed by atoms with Crippen LogP contribution in [0, 0.1) is 17.8 Å². The Kier molecular flexibility index (Phi) is 8.14. The summed E-state index contributed by atoms with van der Waals surface area (Å²) >= 11 is 0. The van der Waals surface area contributed by atoms with Crippen LogP contribution < -0.4 is 0 Å². The van der Waals surface area contributed by atoms with Gasteiger partial charge in [0.05, 0.1) is 0 Å². The van der Waals surface area contributed by atoms with E-state index in [0.717, 1.165) is 5.92 Å². The van der Waals surface area contributed by atoms with Crippen molar-refractivity contribution in [2.45, 2.75) is 53.4 Å². The highest BCUT2D eigenvalue weighted by Crippen LogP contribution is 2.55. The Balaban J connectivity index is 0.000000182. The molecule has 2 rings (SSSR count). The van der Waals surface area contributed by atoms with Gasteiger partial charge in [0.1, 0.15) is 0 Å². The molecule has 2 fully saturated rings. The summed E-state index contributed by atoms with van der Waals surface area (Å²) in [5.74, 6) is 3.54. The third kappa shape index (κ3) is 4.65. The van der Waals surface area contributed by atoms with Gasteiger partial charge in [0.15, 0.2) is 0 Å². The van der Waals surface area contributed by atoms with Gasteiger partial charge in [-0.2, -0.15) is 0 Å². The predicted octanol–water partition coefficient (Wildman–Crippen LogP) is 3.26. The minimum Gasteiger partial charge on any atom is -0.376 e. The van der Waals surface area contributed by atoms with E-state index >= 15 is 0 Å². The van der Waals surface area contributed by atoms with E-state index in [4.69, 9.17) is 13.3 Å². The SMILES string of the molecule is CCC1CC2CCC12.CCO[SiH](OCC)OCC. The molecule has 18 heavy (non-hydrogen) atoms. The van der Waals surface area contributed by atoms with Crippen molar-refractivity contribution in [3.63, 3.8) is 0 Å². The van der Waals surface area contributed by atoms with Gasteiger partial charge in [0.25, 0.3) is 0 Å². The fourth-order valence-corrected chi connectivity index (χ4v) is 4.00. The quantitative estimate of drug-likeness (QED) is 0.667. The molecule has 0 heterocycles. The molecule has 0 N–H and O–H groups in total. The van der Waals surface area contributed by atoms with Crippen LogP contribution in [-0.4, -0.2) is 29.3 Å². The highest BCUT2D eigenvalue weighted by atomic mass is 28.3. The maximum absolute atomic E-state index is 5.22. The Morgan fingerprint density at radius 2 is 1.44 bits per heavy atom. The summed E-state index contributed by atoms with van der Waals surface area (Å²) in [6.45, 7) is 10.2. The molecule has 0 aromatic rings. The second kappa shape index (κ2) is 9.07. The molecule has 4 heteroatoms. The van der Waals surface area contributed by atoms with Crippen molar-refractivity contribution in [2.24, 2.45) is 17.8 Å². The molecular formula is C14H30O3Si. The zero-order chi connectivity index (χ0) is 13.4. The van der Waals surface area contributed by atoms with Crippen LogP contribution in [0.3, 0.4) is 0 Å². The second-order valence-electron chi connectivity index (χ2n) is 5.06. The molecule has 3 unspecified atom stereocenters. The van der Waals surface area contributed by atoms with Gasteiger partial charge < -0.3 is 13.3 Å². The monoisotopic (exact) mass is 274 g/mol. The molecule has 108 valence electrons. The lowest BCUT2D eigenvalue weighted by Gasteiger charge is -2.53. The second-order valence-corrected chi connectivity index (χ2v) is 6.64. The number of rotatable bonds is 7. The van der Waals surface area contributed by atoms with Gasteiger partial charge in [0, 0.05) is 19.8 Å². The van der Waals surface area contributed by atoms with Crippen LogP contribution >= 0.6 is 0 Å². The summed E-state index contributed by atoms with van der Waals surface area (Å²) < 4.78 is 15.7. The summed E-state index contributed by atoms with van der Waals surface area (Å²) in [5, 5.41) is 0. The number of fused-ring (bicyclic) bond motifs is 1. The van der Waals surface area contributed by atoms with Crippen LogP contribution in [0.4, 0.5) is 0 Å².